The molecule has 0 fully saturated rings. The quantitative estimate of drug-likeness (QED) is 0.472. The molecule has 0 atom stereocenters. The average Bonchev–Trinajstić information content (AvgIpc) is 2.96. The molecule has 1 N–H and O–H groups in total. The molecule has 0 aromatic carbocycles. The van der Waals surface area contributed by atoms with E-state index in [0.717, 1.165) is 19.3 Å². The number of carbonyl (C=O) groups is 3. The minimum Gasteiger partial charge on any atom is -0.451 e. The van der Waals surface area contributed by atoms with E-state index in [2.05, 4.69) is 11.4 Å². The van der Waals surface area contributed by atoms with Gasteiger partial charge in [0.2, 0.25) is 0 Å². The number of ether oxygens (including phenoxy) is 1. The molecule has 1 aromatic heterocycles. The van der Waals surface area contributed by atoms with Crippen molar-refractivity contribution in [1.82, 2.24) is 9.88 Å². The van der Waals surface area contributed by atoms with E-state index >= 15 is 0 Å². The Labute approximate surface area is 141 Å². The Hall–Kier alpha value is -2.37. The monoisotopic (exact) mass is 332 g/mol. The first-order valence-corrected chi connectivity index (χ1v) is 8.26. The third-order valence-electron chi connectivity index (χ3n) is 4.11. The number of nitrogens with zero attached hydrogens (tertiary/aromatic N) is 1. The highest BCUT2D eigenvalue weighted by Gasteiger charge is 2.16. The maximum atomic E-state index is 12.0. The molecule has 0 saturated carbocycles. The maximum absolute atomic E-state index is 12.0. The number of hydrogen-bond donors (Lipinski definition) is 1. The second-order valence-corrected chi connectivity index (χ2v) is 6.07. The van der Waals surface area contributed by atoms with Gasteiger partial charge in [0, 0.05) is 25.4 Å². The summed E-state index contributed by atoms with van der Waals surface area (Å²) in [5.41, 5.74) is 2.08. The predicted molar refractivity (Wildman–Crippen MR) is 89.9 cm³/mol. The van der Waals surface area contributed by atoms with Gasteiger partial charge in [-0.1, -0.05) is 11.6 Å². The molecule has 1 heterocycles. The molecule has 0 bridgehead atoms. The van der Waals surface area contributed by atoms with E-state index in [4.69, 9.17) is 4.74 Å². The van der Waals surface area contributed by atoms with Gasteiger partial charge in [0.25, 0.3) is 5.91 Å². The number of amides is 1. The lowest BCUT2D eigenvalue weighted by molar-refractivity contribution is -0.124. The fourth-order valence-corrected chi connectivity index (χ4v) is 2.71. The van der Waals surface area contributed by atoms with Crippen molar-refractivity contribution in [2.75, 3.05) is 13.2 Å². The molecular weight excluding hydrogens is 308 g/mol. The van der Waals surface area contributed by atoms with Crippen LogP contribution in [0.1, 0.15) is 59.9 Å². The molecule has 0 unspecified atom stereocenters. The summed E-state index contributed by atoms with van der Waals surface area (Å²) in [4.78, 5) is 35.0. The lowest BCUT2D eigenvalue weighted by Gasteiger charge is -2.13. The van der Waals surface area contributed by atoms with Gasteiger partial charge in [-0.3, -0.25) is 9.59 Å². The van der Waals surface area contributed by atoms with Crippen LogP contribution in [-0.2, 0) is 16.6 Å². The van der Waals surface area contributed by atoms with Gasteiger partial charge in [0.15, 0.2) is 12.4 Å². The third kappa shape index (κ3) is 5.08. The highest BCUT2D eigenvalue weighted by molar-refractivity contribution is 5.98. The highest BCUT2D eigenvalue weighted by Crippen LogP contribution is 2.19. The summed E-state index contributed by atoms with van der Waals surface area (Å²) in [7, 11) is 1.65. The minimum absolute atomic E-state index is 0.126. The topological polar surface area (TPSA) is 77.4 Å². The van der Waals surface area contributed by atoms with Gasteiger partial charge in [-0.15, -0.1) is 0 Å². The standard InChI is InChI=1S/C18H24N2O4/c1-13(21)15-10-16(20(2)11-15)18(23)24-12-17(22)19-9-8-14-6-4-3-5-7-14/h6,10-11H,3-5,7-9,12H2,1-2H3,(H,19,22). The summed E-state index contributed by atoms with van der Waals surface area (Å²) < 4.78 is 6.53. The van der Waals surface area contributed by atoms with Gasteiger partial charge in [-0.25, -0.2) is 4.79 Å². The first kappa shape index (κ1) is 18.0. The van der Waals surface area contributed by atoms with Crippen molar-refractivity contribution < 1.29 is 19.1 Å². The molecule has 0 spiro atoms. The number of Topliss-reactive ketones (excluding diaryl/α,β-unsaturated/α-hetero) is 1. The second kappa shape index (κ2) is 8.47. The van der Waals surface area contributed by atoms with E-state index in [0.29, 0.717) is 12.1 Å². The molecule has 0 aliphatic heterocycles. The Morgan fingerprint density at radius 3 is 2.71 bits per heavy atom. The van der Waals surface area contributed by atoms with Crippen LogP contribution >= 0.6 is 0 Å². The molecule has 24 heavy (non-hydrogen) atoms. The van der Waals surface area contributed by atoms with Gasteiger partial charge in [0.05, 0.1) is 0 Å². The fraction of sp³-hybridized carbons (Fsp3) is 0.500. The lowest BCUT2D eigenvalue weighted by atomic mass is 9.97. The fourth-order valence-electron chi connectivity index (χ4n) is 2.71. The van der Waals surface area contributed by atoms with Crippen LogP contribution in [0.25, 0.3) is 0 Å². The zero-order valence-electron chi connectivity index (χ0n) is 14.3. The molecule has 130 valence electrons. The molecule has 0 radical (unpaired) electrons. The van der Waals surface area contributed by atoms with Gasteiger partial charge >= 0.3 is 5.97 Å². The minimum atomic E-state index is -0.616. The van der Waals surface area contributed by atoms with Crippen LogP contribution in [0.15, 0.2) is 23.9 Å². The van der Waals surface area contributed by atoms with Crippen molar-refractivity contribution in [1.29, 1.82) is 0 Å². The van der Waals surface area contributed by atoms with E-state index in [1.807, 2.05) is 0 Å². The van der Waals surface area contributed by atoms with Crippen molar-refractivity contribution in [2.45, 2.75) is 39.0 Å². The first-order valence-electron chi connectivity index (χ1n) is 8.26. The van der Waals surface area contributed by atoms with E-state index in [9.17, 15) is 14.4 Å². The Balaban J connectivity index is 1.74. The molecule has 1 aromatic rings. The van der Waals surface area contributed by atoms with Crippen molar-refractivity contribution >= 4 is 17.7 Å². The van der Waals surface area contributed by atoms with Crippen LogP contribution in [0.4, 0.5) is 0 Å². The summed E-state index contributed by atoms with van der Waals surface area (Å²) in [5, 5.41) is 2.76. The summed E-state index contributed by atoms with van der Waals surface area (Å²) in [6, 6.07) is 1.47. The van der Waals surface area contributed by atoms with Gasteiger partial charge in [-0.2, -0.15) is 0 Å². The molecule has 0 saturated heterocycles. The number of esters is 1. The second-order valence-electron chi connectivity index (χ2n) is 6.07. The number of hydrogen-bond acceptors (Lipinski definition) is 4. The summed E-state index contributed by atoms with van der Waals surface area (Å²) in [6.45, 7) is 1.67. The molecule has 2 rings (SSSR count). The number of ketones is 1. The number of rotatable bonds is 7. The van der Waals surface area contributed by atoms with Crippen LogP contribution in [0.2, 0.25) is 0 Å². The van der Waals surface area contributed by atoms with Crippen molar-refractivity contribution in [3.8, 4) is 0 Å². The summed E-state index contributed by atoms with van der Waals surface area (Å²) in [6.07, 6.45) is 9.36. The number of aryl methyl sites for hydroxylation is 1. The van der Waals surface area contributed by atoms with Crippen LogP contribution in [0, 0.1) is 0 Å². The first-order chi connectivity index (χ1) is 11.5. The molecule has 1 aliphatic rings. The number of aromatic nitrogens is 1. The van der Waals surface area contributed by atoms with Crippen LogP contribution in [-0.4, -0.2) is 35.4 Å². The summed E-state index contributed by atoms with van der Waals surface area (Å²) in [5.74, 6) is -1.06. The molecule has 6 heteroatoms. The third-order valence-corrected chi connectivity index (χ3v) is 4.11. The van der Waals surface area contributed by atoms with E-state index in [-0.39, 0.29) is 24.0 Å². The molecule has 6 nitrogen and oxygen atoms in total. The maximum Gasteiger partial charge on any atom is 0.355 e. The largest absolute Gasteiger partial charge is 0.451 e. The molecular formula is C18H24N2O4. The van der Waals surface area contributed by atoms with Crippen LogP contribution < -0.4 is 5.32 Å². The van der Waals surface area contributed by atoms with E-state index < -0.39 is 5.97 Å². The highest BCUT2D eigenvalue weighted by atomic mass is 16.5. The van der Waals surface area contributed by atoms with Crippen molar-refractivity contribution in [3.63, 3.8) is 0 Å². The smallest absolute Gasteiger partial charge is 0.355 e. The average molecular weight is 332 g/mol. The van der Waals surface area contributed by atoms with Gasteiger partial charge < -0.3 is 14.6 Å². The zero-order valence-corrected chi connectivity index (χ0v) is 14.3. The van der Waals surface area contributed by atoms with Crippen LogP contribution in [0.3, 0.4) is 0 Å². The number of nitrogens with one attached hydrogen (secondary N) is 1. The van der Waals surface area contributed by atoms with Crippen molar-refractivity contribution in [2.24, 2.45) is 7.05 Å². The normalized spacial score (nSPS) is 14.0. The van der Waals surface area contributed by atoms with Gasteiger partial charge in [-0.05, 0) is 45.1 Å². The van der Waals surface area contributed by atoms with Crippen LogP contribution in [0.5, 0.6) is 0 Å². The predicted octanol–water partition coefficient (Wildman–Crippen LogP) is 2.39. The van der Waals surface area contributed by atoms with Crippen molar-refractivity contribution in [3.05, 3.63) is 35.2 Å². The number of carbonyl (C=O) groups excluding carboxylic acids is 3. The SMILES string of the molecule is CC(=O)c1cc(C(=O)OCC(=O)NCCC2=CCCCC2)n(C)c1. The van der Waals surface area contributed by atoms with E-state index in [1.54, 1.807) is 13.2 Å². The molecule has 1 aliphatic carbocycles. The number of allylic oxidation sites excluding steroid dienone is 1. The Kier molecular flexibility index (Phi) is 6.35. The Morgan fingerprint density at radius 2 is 2.08 bits per heavy atom. The lowest BCUT2D eigenvalue weighted by Crippen LogP contribution is -2.30. The van der Waals surface area contributed by atoms with E-state index in [1.165, 1.54) is 36.0 Å². The Morgan fingerprint density at radius 1 is 1.29 bits per heavy atom. The zero-order chi connectivity index (χ0) is 17.5. The summed E-state index contributed by atoms with van der Waals surface area (Å²) >= 11 is 0. The molecule has 1 amide bonds. The van der Waals surface area contributed by atoms with Gasteiger partial charge in [0.1, 0.15) is 5.69 Å². The Bertz CT molecular complexity index is 658.